The molecule has 0 spiro atoms. The van der Waals surface area contributed by atoms with E-state index < -0.39 is 15.9 Å². The summed E-state index contributed by atoms with van der Waals surface area (Å²) in [5, 5.41) is 2.54. The van der Waals surface area contributed by atoms with Gasteiger partial charge in [0.15, 0.2) is 0 Å². The number of carbonyl (C=O) groups excluding carboxylic acids is 1. The molecule has 0 aromatic carbocycles. The number of nitrogens with one attached hydrogen (secondary N) is 1. The van der Waals surface area contributed by atoms with Gasteiger partial charge in [0.05, 0.1) is 17.9 Å². The lowest BCUT2D eigenvalue weighted by Gasteiger charge is -2.11. The van der Waals surface area contributed by atoms with Crippen molar-refractivity contribution < 1.29 is 13.2 Å². The highest BCUT2D eigenvalue weighted by atomic mass is 32.2. The molecular weight excluding hydrogens is 292 g/mol. The third-order valence-electron chi connectivity index (χ3n) is 2.54. The number of sulfonamides is 1. The number of nitrogens with two attached hydrogens (primary N) is 1. The van der Waals surface area contributed by atoms with Gasteiger partial charge in [-0.2, -0.15) is 0 Å². The van der Waals surface area contributed by atoms with E-state index in [9.17, 15) is 13.2 Å². The molecule has 0 saturated heterocycles. The second-order valence-corrected chi connectivity index (χ2v) is 6.62. The first-order valence-electron chi connectivity index (χ1n) is 6.19. The average molecular weight is 310 g/mol. The van der Waals surface area contributed by atoms with Crippen LogP contribution in [0.4, 0.5) is 0 Å². The van der Waals surface area contributed by atoms with Gasteiger partial charge in [0.2, 0.25) is 10.0 Å². The Labute approximate surface area is 124 Å². The molecule has 0 fully saturated rings. The Kier molecular flexibility index (Phi) is 6.30. The summed E-state index contributed by atoms with van der Waals surface area (Å²) in [5.74, 6) is 4.89. The minimum atomic E-state index is -3.33. The van der Waals surface area contributed by atoms with Gasteiger partial charge in [-0.3, -0.25) is 9.78 Å². The Bertz CT molecular complexity index is 659. The lowest BCUT2D eigenvalue weighted by Crippen LogP contribution is -2.33. The van der Waals surface area contributed by atoms with Crippen molar-refractivity contribution in [1.82, 2.24) is 14.6 Å². The number of hydrogen-bond donors (Lipinski definition) is 2. The Hall–Kier alpha value is -1.95. The predicted molar refractivity (Wildman–Crippen MR) is 80.0 cm³/mol. The number of rotatable bonds is 5. The fraction of sp³-hybridized carbons (Fsp3) is 0.385. The molecule has 0 saturated carbocycles. The Morgan fingerprint density at radius 3 is 2.76 bits per heavy atom. The fourth-order valence-electron chi connectivity index (χ4n) is 1.36. The minimum Gasteiger partial charge on any atom is -0.351 e. The van der Waals surface area contributed by atoms with E-state index >= 15 is 0 Å². The lowest BCUT2D eigenvalue weighted by molar-refractivity contribution is 0.0955. The number of aromatic nitrogens is 1. The Morgan fingerprint density at radius 1 is 1.43 bits per heavy atom. The molecule has 0 aliphatic rings. The van der Waals surface area contributed by atoms with Crippen molar-refractivity contribution >= 4 is 15.9 Å². The van der Waals surface area contributed by atoms with Crippen LogP contribution in [0.15, 0.2) is 18.5 Å². The van der Waals surface area contributed by atoms with Gasteiger partial charge in [-0.25, -0.2) is 12.7 Å². The predicted octanol–water partition coefficient (Wildman–Crippen LogP) is -0.987. The molecule has 0 aliphatic carbocycles. The van der Waals surface area contributed by atoms with Crippen LogP contribution in [0.25, 0.3) is 0 Å². The van der Waals surface area contributed by atoms with E-state index in [1.54, 1.807) is 6.07 Å². The first kappa shape index (κ1) is 17.1. The molecule has 1 rings (SSSR count). The van der Waals surface area contributed by atoms with Gasteiger partial charge in [-0.05, 0) is 6.07 Å². The Morgan fingerprint density at radius 2 is 2.14 bits per heavy atom. The quantitative estimate of drug-likeness (QED) is 0.680. The standard InChI is InChI=1S/C13H18N4O3S/c1-17(2)21(19,20)7-6-16-13(18)12-8-11(4-3-5-14)9-15-10-12/h8-10H,5-7,14H2,1-2H3,(H,16,18). The van der Waals surface area contributed by atoms with E-state index in [2.05, 4.69) is 22.1 Å². The van der Waals surface area contributed by atoms with Crippen LogP contribution in [0, 0.1) is 11.8 Å². The number of pyridine rings is 1. The summed E-state index contributed by atoms with van der Waals surface area (Å²) in [4.78, 5) is 15.8. The van der Waals surface area contributed by atoms with Gasteiger partial charge in [0.25, 0.3) is 5.91 Å². The number of carbonyl (C=O) groups is 1. The summed E-state index contributed by atoms with van der Waals surface area (Å²) in [6.45, 7) is 0.247. The van der Waals surface area contributed by atoms with Gasteiger partial charge < -0.3 is 11.1 Å². The van der Waals surface area contributed by atoms with E-state index in [4.69, 9.17) is 5.73 Å². The summed E-state index contributed by atoms with van der Waals surface area (Å²) in [7, 11) is -0.439. The highest BCUT2D eigenvalue weighted by Gasteiger charge is 2.14. The largest absolute Gasteiger partial charge is 0.351 e. The average Bonchev–Trinajstić information content (AvgIpc) is 2.45. The highest BCUT2D eigenvalue weighted by Crippen LogP contribution is 2.01. The monoisotopic (exact) mass is 310 g/mol. The highest BCUT2D eigenvalue weighted by molar-refractivity contribution is 7.89. The fourth-order valence-corrected chi connectivity index (χ4v) is 2.09. The minimum absolute atomic E-state index is 0.0258. The Balaban J connectivity index is 2.64. The molecule has 0 aliphatic heterocycles. The molecule has 114 valence electrons. The molecule has 1 heterocycles. The summed E-state index contributed by atoms with van der Waals surface area (Å²) in [5.41, 5.74) is 6.17. The van der Waals surface area contributed by atoms with Gasteiger partial charge in [-0.15, -0.1) is 0 Å². The van der Waals surface area contributed by atoms with E-state index in [1.165, 1.54) is 26.5 Å². The smallest absolute Gasteiger partial charge is 0.252 e. The van der Waals surface area contributed by atoms with E-state index in [0.717, 1.165) is 4.31 Å². The van der Waals surface area contributed by atoms with Crippen molar-refractivity contribution in [2.45, 2.75) is 0 Å². The van der Waals surface area contributed by atoms with Crippen LogP contribution in [0.1, 0.15) is 15.9 Å². The molecule has 0 atom stereocenters. The zero-order valence-corrected chi connectivity index (χ0v) is 12.8. The van der Waals surface area contributed by atoms with Crippen molar-refractivity contribution in [3.8, 4) is 11.8 Å². The lowest BCUT2D eigenvalue weighted by atomic mass is 10.2. The van der Waals surface area contributed by atoms with Crippen LogP contribution in [0.2, 0.25) is 0 Å². The second-order valence-electron chi connectivity index (χ2n) is 4.32. The second kappa shape index (κ2) is 7.73. The summed E-state index contributed by atoms with van der Waals surface area (Å²) in [6, 6.07) is 1.57. The molecule has 0 unspecified atom stereocenters. The van der Waals surface area contributed by atoms with Crippen LogP contribution in [-0.4, -0.2) is 56.6 Å². The molecule has 0 bridgehead atoms. The van der Waals surface area contributed by atoms with Crippen molar-refractivity contribution in [2.24, 2.45) is 5.73 Å². The summed E-state index contributed by atoms with van der Waals surface area (Å²) < 4.78 is 24.2. The van der Waals surface area contributed by atoms with Gasteiger partial charge in [0.1, 0.15) is 0 Å². The van der Waals surface area contributed by atoms with Crippen LogP contribution in [0.3, 0.4) is 0 Å². The SMILES string of the molecule is CN(C)S(=O)(=O)CCNC(=O)c1cncc(C#CCN)c1. The normalized spacial score (nSPS) is 10.9. The summed E-state index contributed by atoms with van der Waals surface area (Å²) in [6.07, 6.45) is 2.92. The number of hydrogen-bond acceptors (Lipinski definition) is 5. The molecule has 1 aromatic rings. The zero-order chi connectivity index (χ0) is 15.9. The maximum atomic E-state index is 11.9. The van der Waals surface area contributed by atoms with Crippen molar-refractivity contribution in [1.29, 1.82) is 0 Å². The van der Waals surface area contributed by atoms with Gasteiger partial charge in [0, 0.05) is 38.6 Å². The first-order chi connectivity index (χ1) is 9.86. The molecule has 3 N–H and O–H groups in total. The number of nitrogens with zero attached hydrogens (tertiary/aromatic N) is 2. The van der Waals surface area contributed by atoms with E-state index in [1.807, 2.05) is 0 Å². The molecule has 0 radical (unpaired) electrons. The molecule has 1 aromatic heterocycles. The topological polar surface area (TPSA) is 105 Å². The van der Waals surface area contributed by atoms with Crippen LogP contribution < -0.4 is 11.1 Å². The third-order valence-corrected chi connectivity index (χ3v) is 4.37. The maximum Gasteiger partial charge on any atom is 0.252 e. The zero-order valence-electron chi connectivity index (χ0n) is 12.0. The molecule has 1 amide bonds. The maximum absolute atomic E-state index is 11.9. The van der Waals surface area contributed by atoms with Crippen molar-refractivity contribution in [2.75, 3.05) is 32.9 Å². The van der Waals surface area contributed by atoms with E-state index in [0.29, 0.717) is 11.1 Å². The molecule has 7 nitrogen and oxygen atoms in total. The van der Waals surface area contributed by atoms with Gasteiger partial charge >= 0.3 is 0 Å². The van der Waals surface area contributed by atoms with Crippen molar-refractivity contribution in [3.63, 3.8) is 0 Å². The molecule has 21 heavy (non-hydrogen) atoms. The van der Waals surface area contributed by atoms with Crippen LogP contribution in [-0.2, 0) is 10.0 Å². The van der Waals surface area contributed by atoms with E-state index in [-0.39, 0.29) is 18.8 Å². The molecule has 8 heteroatoms. The number of amides is 1. The van der Waals surface area contributed by atoms with Crippen LogP contribution >= 0.6 is 0 Å². The first-order valence-corrected chi connectivity index (χ1v) is 7.80. The van der Waals surface area contributed by atoms with Crippen molar-refractivity contribution in [3.05, 3.63) is 29.6 Å². The summed E-state index contributed by atoms with van der Waals surface area (Å²) >= 11 is 0. The third kappa shape index (κ3) is 5.51. The van der Waals surface area contributed by atoms with Gasteiger partial charge in [-0.1, -0.05) is 11.8 Å². The van der Waals surface area contributed by atoms with Crippen LogP contribution in [0.5, 0.6) is 0 Å². The molecular formula is C13H18N4O3S.